The first-order valence-electron chi connectivity index (χ1n) is 19.6. The summed E-state index contributed by atoms with van der Waals surface area (Å²) < 4.78 is 0. The standard InChI is InChI=1S/C52H60/c1-31-28-35(50(6,7)8)20-23-37(31)46(32(2)49(3,4)5)34-18-22-39-42-25-26-43(40-16-15-17-41(47(40)42)44(39)30-34)48-38-24-21-36(51(9,10)11)29-33(38)19-27-45(48)52(12,13)14/h15-26,28-30,45H,27H2,1-14H3. The smallest absolute Gasteiger partial charge is 0.00202 e. The predicted octanol–water partition coefficient (Wildman–Crippen LogP) is 13.3. The van der Waals surface area contributed by atoms with Crippen LogP contribution in [0.1, 0.15) is 130 Å². The molecule has 268 valence electrons. The average molecular weight is 685 g/mol. The molecule has 0 N–H and O–H groups in total. The maximum absolute atomic E-state index is 2.50. The van der Waals surface area contributed by atoms with Gasteiger partial charge in [-0.25, -0.2) is 0 Å². The van der Waals surface area contributed by atoms with Crippen molar-refractivity contribution < 1.29 is 0 Å². The topological polar surface area (TPSA) is 0 Å². The van der Waals surface area contributed by atoms with Gasteiger partial charge in [-0.1, -0.05) is 174 Å². The summed E-state index contributed by atoms with van der Waals surface area (Å²) in [5.41, 5.74) is 18.2. The van der Waals surface area contributed by atoms with Crippen molar-refractivity contribution in [1.82, 2.24) is 0 Å². The number of hydrogen-bond donors (Lipinski definition) is 0. The molecule has 0 spiro atoms. The molecular formula is C52H60. The van der Waals surface area contributed by atoms with Crippen molar-refractivity contribution in [3.05, 3.63) is 134 Å². The number of aryl methyl sites for hydroxylation is 1. The Morgan fingerprint density at radius 1 is 0.596 bits per heavy atom. The summed E-state index contributed by atoms with van der Waals surface area (Å²) in [4.78, 5) is 0. The lowest BCUT2D eigenvalue weighted by molar-refractivity contribution is 0.307. The van der Waals surface area contributed by atoms with Crippen molar-refractivity contribution in [2.75, 3.05) is 0 Å². The lowest BCUT2D eigenvalue weighted by atomic mass is 9.69. The molecule has 0 saturated carbocycles. The summed E-state index contributed by atoms with van der Waals surface area (Å²) >= 11 is 0. The van der Waals surface area contributed by atoms with Gasteiger partial charge in [0.05, 0.1) is 0 Å². The van der Waals surface area contributed by atoms with Gasteiger partial charge in [0, 0.05) is 0 Å². The molecule has 1 atom stereocenters. The van der Waals surface area contributed by atoms with Gasteiger partial charge in [-0.2, -0.15) is 0 Å². The van der Waals surface area contributed by atoms with Crippen molar-refractivity contribution in [3.8, 4) is 22.3 Å². The van der Waals surface area contributed by atoms with Crippen LogP contribution in [0.4, 0.5) is 0 Å². The van der Waals surface area contributed by atoms with Crippen molar-refractivity contribution in [2.45, 2.75) is 114 Å². The van der Waals surface area contributed by atoms with E-state index in [1.807, 2.05) is 0 Å². The highest BCUT2D eigenvalue weighted by atomic mass is 14.4. The Morgan fingerprint density at radius 3 is 1.85 bits per heavy atom. The van der Waals surface area contributed by atoms with Crippen LogP contribution in [0.5, 0.6) is 0 Å². The molecule has 0 radical (unpaired) electrons. The van der Waals surface area contributed by atoms with Gasteiger partial charge >= 0.3 is 0 Å². The third-order valence-electron chi connectivity index (χ3n) is 12.3. The Bertz CT molecular complexity index is 2410. The van der Waals surface area contributed by atoms with Gasteiger partial charge in [0.25, 0.3) is 0 Å². The highest BCUT2D eigenvalue weighted by molar-refractivity contribution is 6.18. The zero-order chi connectivity index (χ0) is 37.7. The lowest BCUT2D eigenvalue weighted by Gasteiger charge is -2.35. The summed E-state index contributed by atoms with van der Waals surface area (Å²) in [6.07, 6.45) is 3.56. The first kappa shape index (κ1) is 36.2. The van der Waals surface area contributed by atoms with E-state index >= 15 is 0 Å². The molecule has 52 heavy (non-hydrogen) atoms. The SMILES string of the molecule is CC(=C(c1ccc2c(c1)-c1cccc3c(C4=c5ccc(C(C)(C)C)cc5=CCC4C(C)(C)C)ccc-2c13)c1ccc(C(C)(C)C)cc1C)C(C)(C)C. The van der Waals surface area contributed by atoms with Crippen molar-refractivity contribution in [2.24, 2.45) is 16.7 Å². The number of rotatable bonds is 3. The van der Waals surface area contributed by atoms with Crippen molar-refractivity contribution in [3.63, 3.8) is 0 Å². The molecule has 2 aliphatic rings. The molecular weight excluding hydrogens is 625 g/mol. The number of allylic oxidation sites excluding steroid dienone is 1. The van der Waals surface area contributed by atoms with E-state index < -0.39 is 0 Å². The van der Waals surface area contributed by atoms with Crippen molar-refractivity contribution >= 4 is 28.0 Å². The quantitative estimate of drug-likeness (QED) is 0.174. The number of hydrogen-bond acceptors (Lipinski definition) is 0. The number of fused-ring (bicyclic) bond motifs is 4. The first-order chi connectivity index (χ1) is 24.2. The second kappa shape index (κ2) is 12.2. The monoisotopic (exact) mass is 684 g/mol. The van der Waals surface area contributed by atoms with Gasteiger partial charge in [0.2, 0.25) is 0 Å². The molecule has 0 aliphatic heterocycles. The number of benzene rings is 5. The Morgan fingerprint density at radius 2 is 1.21 bits per heavy atom. The summed E-state index contributed by atoms with van der Waals surface area (Å²) in [5, 5.41) is 5.56. The molecule has 5 aromatic rings. The average Bonchev–Trinajstić information content (AvgIpc) is 3.37. The van der Waals surface area contributed by atoms with Gasteiger partial charge in [-0.15, -0.1) is 0 Å². The van der Waals surface area contributed by atoms with Gasteiger partial charge < -0.3 is 0 Å². The van der Waals surface area contributed by atoms with Gasteiger partial charge in [-0.05, 0) is 142 Å². The van der Waals surface area contributed by atoms with E-state index in [4.69, 9.17) is 0 Å². The Kier molecular flexibility index (Phi) is 8.49. The van der Waals surface area contributed by atoms with Gasteiger partial charge in [0.1, 0.15) is 0 Å². The molecule has 2 aliphatic carbocycles. The van der Waals surface area contributed by atoms with Crippen LogP contribution in [0.3, 0.4) is 0 Å². The van der Waals surface area contributed by atoms with Crippen molar-refractivity contribution in [1.29, 1.82) is 0 Å². The zero-order valence-corrected chi connectivity index (χ0v) is 34.4. The van der Waals surface area contributed by atoms with Crippen LogP contribution in [0.2, 0.25) is 0 Å². The molecule has 7 rings (SSSR count). The molecule has 0 aromatic heterocycles. The molecule has 0 amide bonds. The highest BCUT2D eigenvalue weighted by Gasteiger charge is 2.33. The molecule has 0 fully saturated rings. The maximum atomic E-state index is 2.50. The predicted molar refractivity (Wildman–Crippen MR) is 228 cm³/mol. The second-order valence-corrected chi connectivity index (χ2v) is 20.0. The van der Waals surface area contributed by atoms with E-state index in [9.17, 15) is 0 Å². The fourth-order valence-electron chi connectivity index (χ4n) is 8.72. The van der Waals surface area contributed by atoms with Crippen LogP contribution in [-0.4, -0.2) is 0 Å². The minimum absolute atomic E-state index is 0.0313. The Hall–Kier alpha value is -4.16. The second-order valence-electron chi connectivity index (χ2n) is 20.0. The Balaban J connectivity index is 1.45. The van der Waals surface area contributed by atoms with E-state index in [-0.39, 0.29) is 21.7 Å². The van der Waals surface area contributed by atoms with Gasteiger partial charge in [0.15, 0.2) is 0 Å². The maximum Gasteiger partial charge on any atom is -0.00202 e. The molecule has 1 unspecified atom stereocenters. The van der Waals surface area contributed by atoms with Crippen LogP contribution in [0.15, 0.2) is 90.5 Å². The van der Waals surface area contributed by atoms with Crippen LogP contribution >= 0.6 is 0 Å². The fraction of sp³-hybridized carbons (Fsp3) is 0.385. The molecule has 0 saturated heterocycles. The molecule has 0 heterocycles. The highest BCUT2D eigenvalue weighted by Crippen LogP contribution is 2.51. The van der Waals surface area contributed by atoms with Crippen LogP contribution in [0.25, 0.3) is 50.2 Å². The summed E-state index contributed by atoms with van der Waals surface area (Å²) in [6, 6.07) is 33.6. The van der Waals surface area contributed by atoms with E-state index in [2.05, 4.69) is 188 Å². The zero-order valence-electron chi connectivity index (χ0n) is 34.4. The normalized spacial score (nSPS) is 16.4. The summed E-state index contributed by atoms with van der Waals surface area (Å²) in [7, 11) is 0. The summed E-state index contributed by atoms with van der Waals surface area (Å²) in [5.74, 6) is 0.425. The molecule has 0 heteroatoms. The molecule has 5 aromatic carbocycles. The van der Waals surface area contributed by atoms with E-state index in [1.54, 1.807) is 0 Å². The van der Waals surface area contributed by atoms with E-state index in [0.717, 1.165) is 6.42 Å². The minimum atomic E-state index is 0.0313. The first-order valence-corrected chi connectivity index (χ1v) is 19.6. The van der Waals surface area contributed by atoms with E-state index in [1.165, 1.54) is 93.6 Å². The molecule has 0 nitrogen and oxygen atoms in total. The van der Waals surface area contributed by atoms with Crippen LogP contribution in [-0.2, 0) is 10.8 Å². The molecule has 0 bridgehead atoms. The lowest BCUT2D eigenvalue weighted by Crippen LogP contribution is -2.38. The van der Waals surface area contributed by atoms with Crippen LogP contribution in [0, 0.1) is 23.7 Å². The largest absolute Gasteiger partial charge is 0.0760 e. The van der Waals surface area contributed by atoms with Crippen LogP contribution < -0.4 is 10.4 Å². The third-order valence-corrected chi connectivity index (χ3v) is 12.3. The van der Waals surface area contributed by atoms with Gasteiger partial charge in [-0.3, -0.25) is 0 Å². The van der Waals surface area contributed by atoms with E-state index in [0.29, 0.717) is 5.92 Å². The minimum Gasteiger partial charge on any atom is -0.0760 e. The third kappa shape index (κ3) is 6.11. The summed E-state index contributed by atoms with van der Waals surface area (Å²) in [6.45, 7) is 32.8. The fourth-order valence-corrected chi connectivity index (χ4v) is 8.72. The Labute approximate surface area is 314 Å².